The fourth-order valence-corrected chi connectivity index (χ4v) is 3.24. The predicted octanol–water partition coefficient (Wildman–Crippen LogP) is 4.79. The van der Waals surface area contributed by atoms with Gasteiger partial charge in [-0.05, 0) is 35.9 Å². The number of amides is 2. The molecule has 3 nitrogen and oxygen atoms in total. The maximum atomic E-state index is 12.4. The number of aryl methyl sites for hydroxylation is 1. The number of hydrogen-bond acceptors (Lipinski definition) is 3. The van der Waals surface area contributed by atoms with Crippen LogP contribution in [0, 0.1) is 6.92 Å². The second-order valence-electron chi connectivity index (χ2n) is 5.55. The molecule has 2 aromatic carbocycles. The summed E-state index contributed by atoms with van der Waals surface area (Å²) < 4.78 is 0. The lowest BCUT2D eigenvalue weighted by molar-refractivity contribution is -0.123. The molecular formula is C20H17NO2S. The molecule has 0 spiro atoms. The van der Waals surface area contributed by atoms with Crippen molar-refractivity contribution in [2.24, 2.45) is 0 Å². The third kappa shape index (κ3) is 3.84. The van der Waals surface area contributed by atoms with Gasteiger partial charge in [0.1, 0.15) is 0 Å². The van der Waals surface area contributed by atoms with Gasteiger partial charge in [-0.2, -0.15) is 0 Å². The highest BCUT2D eigenvalue weighted by atomic mass is 32.2. The van der Waals surface area contributed by atoms with Crippen LogP contribution in [0.15, 0.2) is 71.7 Å². The van der Waals surface area contributed by atoms with Crippen LogP contribution in [-0.4, -0.2) is 16.0 Å². The fraction of sp³-hybridized carbons (Fsp3) is 0.100. The Balaban J connectivity index is 1.72. The number of allylic oxidation sites excluding steroid dienone is 2. The molecule has 0 unspecified atom stereocenters. The van der Waals surface area contributed by atoms with Crippen LogP contribution in [0.5, 0.6) is 0 Å². The Morgan fingerprint density at radius 3 is 2.58 bits per heavy atom. The number of imide groups is 1. The van der Waals surface area contributed by atoms with E-state index in [1.807, 2.05) is 67.6 Å². The van der Waals surface area contributed by atoms with Crippen LogP contribution < -0.4 is 0 Å². The standard InChI is InChI=1S/C20H17NO2S/c1-15-7-5-11-17(13-15)14-21-19(22)18(24-20(21)23)12-6-10-16-8-3-2-4-9-16/h2-13H,14H2,1H3/b10-6+,18-12+. The molecule has 0 N–H and O–H groups in total. The molecule has 0 aromatic heterocycles. The van der Waals surface area contributed by atoms with Gasteiger partial charge in [0.25, 0.3) is 11.1 Å². The van der Waals surface area contributed by atoms with E-state index in [1.165, 1.54) is 4.90 Å². The average molecular weight is 335 g/mol. The number of hydrogen-bond donors (Lipinski definition) is 0. The maximum absolute atomic E-state index is 12.4. The summed E-state index contributed by atoms with van der Waals surface area (Å²) >= 11 is 0.988. The van der Waals surface area contributed by atoms with Crippen molar-refractivity contribution in [3.63, 3.8) is 0 Å². The number of nitrogens with zero attached hydrogens (tertiary/aromatic N) is 1. The van der Waals surface area contributed by atoms with Crippen molar-refractivity contribution >= 4 is 29.0 Å². The molecular weight excluding hydrogens is 318 g/mol. The molecule has 1 fully saturated rings. The quantitative estimate of drug-likeness (QED) is 0.754. The molecule has 0 radical (unpaired) electrons. The molecule has 1 heterocycles. The van der Waals surface area contributed by atoms with Crippen molar-refractivity contribution in [2.45, 2.75) is 13.5 Å². The molecule has 24 heavy (non-hydrogen) atoms. The van der Waals surface area contributed by atoms with E-state index < -0.39 is 0 Å². The zero-order valence-electron chi connectivity index (χ0n) is 13.3. The molecule has 0 atom stereocenters. The number of carbonyl (C=O) groups excluding carboxylic acids is 2. The summed E-state index contributed by atoms with van der Waals surface area (Å²) in [4.78, 5) is 26.3. The summed E-state index contributed by atoms with van der Waals surface area (Å²) in [5, 5.41) is -0.221. The first-order valence-corrected chi connectivity index (χ1v) is 8.48. The third-order valence-corrected chi connectivity index (χ3v) is 4.56. The second-order valence-corrected chi connectivity index (χ2v) is 6.54. The maximum Gasteiger partial charge on any atom is 0.293 e. The molecule has 1 aliphatic rings. The summed E-state index contributed by atoms with van der Waals surface area (Å²) in [5.41, 5.74) is 3.12. The largest absolute Gasteiger partial charge is 0.293 e. The van der Waals surface area contributed by atoms with Gasteiger partial charge in [0.05, 0.1) is 11.4 Å². The summed E-state index contributed by atoms with van der Waals surface area (Å²) in [7, 11) is 0. The Kier molecular flexibility index (Phi) is 4.96. The van der Waals surface area contributed by atoms with Gasteiger partial charge in [-0.1, -0.05) is 72.3 Å². The minimum Gasteiger partial charge on any atom is -0.268 e. The third-order valence-electron chi connectivity index (χ3n) is 3.63. The number of benzene rings is 2. The van der Waals surface area contributed by atoms with Gasteiger partial charge in [0.15, 0.2) is 0 Å². The Morgan fingerprint density at radius 1 is 1.04 bits per heavy atom. The first-order chi connectivity index (χ1) is 11.6. The van der Waals surface area contributed by atoms with Crippen molar-refractivity contribution in [3.8, 4) is 0 Å². The predicted molar refractivity (Wildman–Crippen MR) is 98.3 cm³/mol. The number of thioether (sulfide) groups is 1. The van der Waals surface area contributed by atoms with Crippen molar-refractivity contribution < 1.29 is 9.59 Å². The minimum atomic E-state index is -0.232. The van der Waals surface area contributed by atoms with E-state index in [1.54, 1.807) is 12.2 Å². The first-order valence-electron chi connectivity index (χ1n) is 7.66. The highest BCUT2D eigenvalue weighted by molar-refractivity contribution is 8.18. The molecule has 4 heteroatoms. The lowest BCUT2D eigenvalue weighted by Gasteiger charge is -2.12. The normalized spacial score (nSPS) is 16.5. The summed E-state index contributed by atoms with van der Waals surface area (Å²) in [5.74, 6) is -0.232. The van der Waals surface area contributed by atoms with E-state index in [0.717, 1.165) is 28.5 Å². The smallest absolute Gasteiger partial charge is 0.268 e. The highest BCUT2D eigenvalue weighted by Crippen LogP contribution is 2.31. The van der Waals surface area contributed by atoms with Crippen LogP contribution in [0.3, 0.4) is 0 Å². The van der Waals surface area contributed by atoms with Crippen LogP contribution in [0.4, 0.5) is 4.79 Å². The molecule has 3 rings (SSSR count). The van der Waals surface area contributed by atoms with E-state index >= 15 is 0 Å². The summed E-state index contributed by atoms with van der Waals surface area (Å²) in [6.45, 7) is 2.30. The Bertz CT molecular complexity index is 825. The van der Waals surface area contributed by atoms with E-state index in [-0.39, 0.29) is 11.1 Å². The summed E-state index contributed by atoms with van der Waals surface area (Å²) in [6.07, 6.45) is 5.42. The van der Waals surface area contributed by atoms with Crippen LogP contribution in [-0.2, 0) is 11.3 Å². The fourth-order valence-electron chi connectivity index (χ4n) is 2.45. The van der Waals surface area contributed by atoms with Gasteiger partial charge < -0.3 is 0 Å². The van der Waals surface area contributed by atoms with E-state index in [4.69, 9.17) is 0 Å². The van der Waals surface area contributed by atoms with Crippen LogP contribution in [0.2, 0.25) is 0 Å². The molecule has 1 saturated heterocycles. The average Bonchev–Trinajstić information content (AvgIpc) is 2.84. The van der Waals surface area contributed by atoms with E-state index in [9.17, 15) is 9.59 Å². The van der Waals surface area contributed by atoms with Gasteiger partial charge in [-0.25, -0.2) is 0 Å². The topological polar surface area (TPSA) is 37.4 Å². The molecule has 1 aliphatic heterocycles. The SMILES string of the molecule is Cc1cccc(CN2C(=O)S/C(=C/C=C/c3ccccc3)C2=O)c1. The van der Waals surface area contributed by atoms with Gasteiger partial charge in [0, 0.05) is 0 Å². The molecule has 2 amide bonds. The highest BCUT2D eigenvalue weighted by Gasteiger charge is 2.34. The zero-order chi connectivity index (χ0) is 16.9. The monoisotopic (exact) mass is 335 g/mol. The van der Waals surface area contributed by atoms with Crippen molar-refractivity contribution in [2.75, 3.05) is 0 Å². The Morgan fingerprint density at radius 2 is 1.83 bits per heavy atom. The first kappa shape index (κ1) is 16.3. The van der Waals surface area contributed by atoms with Gasteiger partial charge in [0.2, 0.25) is 0 Å². The minimum absolute atomic E-state index is 0.221. The van der Waals surface area contributed by atoms with Crippen molar-refractivity contribution in [1.82, 2.24) is 4.90 Å². The molecule has 0 aliphatic carbocycles. The Hall–Kier alpha value is -2.59. The summed E-state index contributed by atoms with van der Waals surface area (Å²) in [6, 6.07) is 17.7. The molecule has 0 saturated carbocycles. The number of carbonyl (C=O) groups is 2. The van der Waals surface area contributed by atoms with E-state index in [0.29, 0.717) is 11.4 Å². The van der Waals surface area contributed by atoms with Crippen LogP contribution >= 0.6 is 11.8 Å². The molecule has 2 aromatic rings. The lowest BCUT2D eigenvalue weighted by Crippen LogP contribution is -2.27. The van der Waals surface area contributed by atoms with Crippen molar-refractivity contribution in [3.05, 3.63) is 88.3 Å². The number of rotatable bonds is 4. The lowest BCUT2D eigenvalue weighted by atomic mass is 10.1. The van der Waals surface area contributed by atoms with Crippen molar-refractivity contribution in [1.29, 1.82) is 0 Å². The molecule has 0 bridgehead atoms. The molecule has 120 valence electrons. The van der Waals surface area contributed by atoms with Gasteiger partial charge >= 0.3 is 0 Å². The second kappa shape index (κ2) is 7.32. The van der Waals surface area contributed by atoms with E-state index in [2.05, 4.69) is 0 Å². The van der Waals surface area contributed by atoms with Crippen LogP contribution in [0.25, 0.3) is 6.08 Å². The zero-order valence-corrected chi connectivity index (χ0v) is 14.1. The van der Waals surface area contributed by atoms with Gasteiger partial charge in [-0.3, -0.25) is 14.5 Å². The van der Waals surface area contributed by atoms with Crippen LogP contribution in [0.1, 0.15) is 16.7 Å². The van der Waals surface area contributed by atoms with Gasteiger partial charge in [-0.15, -0.1) is 0 Å². The Labute approximate surface area is 145 Å².